The summed E-state index contributed by atoms with van der Waals surface area (Å²) in [6, 6.07) is 19.3. The first kappa shape index (κ1) is 27.4. The number of halogens is 6. The van der Waals surface area contributed by atoms with E-state index >= 15 is 0 Å². The molecule has 5 rings (SSSR count). The van der Waals surface area contributed by atoms with Crippen molar-refractivity contribution in [2.75, 3.05) is 5.32 Å². The molecule has 0 saturated carbocycles. The normalized spacial score (nSPS) is 11.9. The minimum absolute atomic E-state index is 0.0250. The van der Waals surface area contributed by atoms with Crippen LogP contribution in [0.4, 0.5) is 32.0 Å². The van der Waals surface area contributed by atoms with Crippen LogP contribution >= 0.6 is 0 Å². The van der Waals surface area contributed by atoms with E-state index in [1.165, 1.54) is 36.4 Å². The van der Waals surface area contributed by atoms with Crippen LogP contribution in [0, 0.1) is 0 Å². The molecule has 7 nitrogen and oxygen atoms in total. The molecular weight excluding hydrogens is 554 g/mol. The summed E-state index contributed by atoms with van der Waals surface area (Å²) in [6.07, 6.45) is -9.49. The Morgan fingerprint density at radius 1 is 0.780 bits per heavy atom. The number of hydrogen-bond acceptors (Lipinski definition) is 5. The summed E-state index contributed by atoms with van der Waals surface area (Å²) in [4.78, 5) is 29.4. The van der Waals surface area contributed by atoms with E-state index in [1.54, 1.807) is 30.3 Å². The molecule has 0 aliphatic rings. The van der Waals surface area contributed by atoms with Gasteiger partial charge in [0.1, 0.15) is 5.75 Å². The molecule has 0 radical (unpaired) electrons. The van der Waals surface area contributed by atoms with Gasteiger partial charge >= 0.3 is 18.3 Å². The highest BCUT2D eigenvalue weighted by Gasteiger charge is 2.36. The Morgan fingerprint density at radius 3 is 2.10 bits per heavy atom. The van der Waals surface area contributed by atoms with E-state index in [0.29, 0.717) is 10.1 Å². The minimum Gasteiger partial charge on any atom is -0.422 e. The number of anilines is 1. The standard InChI is InChI=1S/C28H16F6N4O3/c29-27(30,31)19-8-4-5-9-20(19)36-25(39)17-10-12-18(13-11-17)41-26(40)22-15-24-35-21(16-6-2-1-3-7-16)14-23(28(32,33)34)38(24)37-22/h1-15H,(H,36,39). The summed E-state index contributed by atoms with van der Waals surface area (Å²) in [5.41, 5.74) is -2.89. The highest BCUT2D eigenvalue weighted by atomic mass is 19.4. The molecule has 0 fully saturated rings. The number of ether oxygens (including phenoxy) is 1. The zero-order chi connectivity index (χ0) is 29.4. The van der Waals surface area contributed by atoms with Crippen molar-refractivity contribution in [3.05, 3.63) is 114 Å². The largest absolute Gasteiger partial charge is 0.433 e. The molecule has 0 bridgehead atoms. The van der Waals surface area contributed by atoms with E-state index in [1.807, 2.05) is 0 Å². The van der Waals surface area contributed by atoms with E-state index < -0.39 is 46.9 Å². The Kier molecular flexibility index (Phi) is 6.95. The third kappa shape index (κ3) is 5.88. The fraction of sp³-hybridized carbons (Fsp3) is 0.0714. The first-order valence-corrected chi connectivity index (χ1v) is 11.7. The number of benzene rings is 3. The Labute approximate surface area is 227 Å². The van der Waals surface area contributed by atoms with E-state index in [-0.39, 0.29) is 22.7 Å². The summed E-state index contributed by atoms with van der Waals surface area (Å²) in [7, 11) is 0. The van der Waals surface area contributed by atoms with Crippen molar-refractivity contribution < 1.29 is 40.7 Å². The van der Waals surface area contributed by atoms with Crippen LogP contribution in [0.5, 0.6) is 5.75 Å². The molecule has 0 atom stereocenters. The van der Waals surface area contributed by atoms with Gasteiger partial charge in [-0.2, -0.15) is 31.4 Å². The molecule has 1 amide bonds. The molecule has 0 aliphatic heterocycles. The van der Waals surface area contributed by atoms with E-state index in [0.717, 1.165) is 24.3 Å². The van der Waals surface area contributed by atoms with Crippen LogP contribution in [-0.4, -0.2) is 26.5 Å². The van der Waals surface area contributed by atoms with Gasteiger partial charge in [0.15, 0.2) is 17.0 Å². The zero-order valence-electron chi connectivity index (χ0n) is 20.5. The molecule has 5 aromatic rings. The van der Waals surface area contributed by atoms with Crippen LogP contribution in [-0.2, 0) is 12.4 Å². The van der Waals surface area contributed by atoms with E-state index in [9.17, 15) is 35.9 Å². The van der Waals surface area contributed by atoms with E-state index in [2.05, 4.69) is 15.4 Å². The molecule has 2 aromatic heterocycles. The average molecular weight is 570 g/mol. The fourth-order valence-corrected chi connectivity index (χ4v) is 3.90. The van der Waals surface area contributed by atoms with Crippen LogP contribution in [0.1, 0.15) is 32.1 Å². The van der Waals surface area contributed by atoms with Gasteiger partial charge in [-0.15, -0.1) is 0 Å². The number of amides is 1. The molecule has 0 aliphatic carbocycles. The molecular formula is C28H16F6N4O3. The smallest absolute Gasteiger partial charge is 0.422 e. The van der Waals surface area contributed by atoms with Gasteiger partial charge in [0, 0.05) is 17.2 Å². The lowest BCUT2D eigenvalue weighted by Crippen LogP contribution is -2.16. The van der Waals surface area contributed by atoms with Gasteiger partial charge in [-0.3, -0.25) is 4.79 Å². The van der Waals surface area contributed by atoms with Crippen molar-refractivity contribution >= 4 is 23.2 Å². The van der Waals surface area contributed by atoms with Crippen molar-refractivity contribution in [1.82, 2.24) is 14.6 Å². The highest BCUT2D eigenvalue weighted by Crippen LogP contribution is 2.35. The minimum atomic E-state index is -4.81. The fourth-order valence-electron chi connectivity index (χ4n) is 3.90. The summed E-state index contributed by atoms with van der Waals surface area (Å²) in [5, 5.41) is 5.92. The number of esters is 1. The average Bonchev–Trinajstić information content (AvgIpc) is 3.37. The second kappa shape index (κ2) is 10.4. The van der Waals surface area contributed by atoms with Crippen LogP contribution < -0.4 is 10.1 Å². The molecule has 3 aromatic carbocycles. The quantitative estimate of drug-likeness (QED) is 0.141. The molecule has 0 saturated heterocycles. The number of aromatic nitrogens is 3. The van der Waals surface area contributed by atoms with Gasteiger partial charge in [-0.05, 0) is 42.5 Å². The first-order chi connectivity index (χ1) is 19.4. The molecule has 41 heavy (non-hydrogen) atoms. The van der Waals surface area contributed by atoms with Gasteiger partial charge in [0.2, 0.25) is 0 Å². The van der Waals surface area contributed by atoms with Gasteiger partial charge < -0.3 is 10.1 Å². The lowest BCUT2D eigenvalue weighted by atomic mass is 10.1. The van der Waals surface area contributed by atoms with Crippen LogP contribution in [0.3, 0.4) is 0 Å². The summed E-state index contributed by atoms with van der Waals surface area (Å²) >= 11 is 0. The maximum Gasteiger partial charge on any atom is 0.433 e. The van der Waals surface area contributed by atoms with Crippen LogP contribution in [0.25, 0.3) is 16.9 Å². The Morgan fingerprint density at radius 2 is 1.44 bits per heavy atom. The Bertz CT molecular complexity index is 1750. The van der Waals surface area contributed by atoms with Crippen molar-refractivity contribution in [2.45, 2.75) is 12.4 Å². The maximum atomic E-state index is 13.8. The molecule has 0 unspecified atom stereocenters. The van der Waals surface area contributed by atoms with Crippen LogP contribution in [0.15, 0.2) is 91.0 Å². The third-order valence-corrected chi connectivity index (χ3v) is 5.80. The number of rotatable bonds is 5. The SMILES string of the molecule is O=C(Nc1ccccc1C(F)(F)F)c1ccc(OC(=O)c2cc3nc(-c4ccccc4)cc(C(F)(F)F)n3n2)cc1. The molecule has 0 spiro atoms. The monoisotopic (exact) mass is 570 g/mol. The number of nitrogens with zero attached hydrogens (tertiary/aromatic N) is 3. The Hall–Kier alpha value is -5.20. The third-order valence-electron chi connectivity index (χ3n) is 5.80. The number of hydrogen-bond donors (Lipinski definition) is 1. The van der Waals surface area contributed by atoms with Gasteiger partial charge in [0.05, 0.1) is 16.9 Å². The van der Waals surface area contributed by atoms with Gasteiger partial charge in [-0.1, -0.05) is 42.5 Å². The van der Waals surface area contributed by atoms with Crippen LogP contribution in [0.2, 0.25) is 0 Å². The second-order valence-electron chi connectivity index (χ2n) is 8.60. The molecule has 13 heteroatoms. The summed E-state index contributed by atoms with van der Waals surface area (Å²) < 4.78 is 86.7. The summed E-state index contributed by atoms with van der Waals surface area (Å²) in [6.45, 7) is 0. The molecule has 2 heterocycles. The van der Waals surface area contributed by atoms with Crippen molar-refractivity contribution in [3.8, 4) is 17.0 Å². The number of nitrogens with one attached hydrogen (secondary N) is 1. The number of fused-ring (bicyclic) bond motifs is 1. The number of carbonyl (C=O) groups excluding carboxylic acids is 2. The van der Waals surface area contributed by atoms with E-state index in [4.69, 9.17) is 4.74 Å². The van der Waals surface area contributed by atoms with Crippen molar-refractivity contribution in [1.29, 1.82) is 0 Å². The topological polar surface area (TPSA) is 85.6 Å². The first-order valence-electron chi connectivity index (χ1n) is 11.7. The number of alkyl halides is 6. The molecule has 208 valence electrons. The summed E-state index contributed by atoms with van der Waals surface area (Å²) in [5.74, 6) is -2.03. The lowest BCUT2D eigenvalue weighted by Gasteiger charge is -2.13. The Balaban J connectivity index is 1.36. The van der Waals surface area contributed by atoms with Crippen molar-refractivity contribution in [3.63, 3.8) is 0 Å². The number of carbonyl (C=O) groups is 2. The predicted molar refractivity (Wildman–Crippen MR) is 134 cm³/mol. The highest BCUT2D eigenvalue weighted by molar-refractivity contribution is 6.04. The second-order valence-corrected chi connectivity index (χ2v) is 8.60. The maximum absolute atomic E-state index is 13.8. The van der Waals surface area contributed by atoms with Gasteiger partial charge in [-0.25, -0.2) is 14.3 Å². The van der Waals surface area contributed by atoms with Gasteiger partial charge in [0.25, 0.3) is 5.91 Å². The predicted octanol–water partition coefficient (Wildman–Crippen LogP) is 6.91. The van der Waals surface area contributed by atoms with Crippen molar-refractivity contribution in [2.24, 2.45) is 0 Å². The number of para-hydroxylation sites is 1. The zero-order valence-corrected chi connectivity index (χ0v) is 20.5. The lowest BCUT2D eigenvalue weighted by molar-refractivity contribution is -0.142. The molecule has 1 N–H and O–H groups in total.